The van der Waals surface area contributed by atoms with Crippen molar-refractivity contribution in [3.8, 4) is 0 Å². The van der Waals surface area contributed by atoms with Crippen molar-refractivity contribution in [2.24, 2.45) is 0 Å². The molecule has 0 bridgehead atoms. The van der Waals surface area contributed by atoms with Crippen molar-refractivity contribution in [2.45, 2.75) is 71.1 Å². The zero-order valence-corrected chi connectivity index (χ0v) is 15.2. The minimum absolute atomic E-state index is 0.300. The third kappa shape index (κ3) is 20.2. The molecule has 0 saturated carbocycles. The summed E-state index contributed by atoms with van der Waals surface area (Å²) >= 11 is 0. The van der Waals surface area contributed by atoms with E-state index in [0.29, 0.717) is 6.42 Å². The first kappa shape index (κ1) is 22.2. The maximum absolute atomic E-state index is 10.3. The molecule has 0 aromatic rings. The molecule has 2 heteroatoms. The van der Waals surface area contributed by atoms with Gasteiger partial charge in [0.25, 0.3) is 0 Å². The molecule has 1 N–H and O–H groups in total. The molecule has 0 atom stereocenters. The van der Waals surface area contributed by atoms with Crippen LogP contribution in [0.5, 0.6) is 0 Å². The molecule has 0 amide bonds. The zero-order valence-electron chi connectivity index (χ0n) is 15.2. The summed E-state index contributed by atoms with van der Waals surface area (Å²) in [6.45, 7) is 2.22. The van der Waals surface area contributed by atoms with E-state index in [-0.39, 0.29) is 0 Å². The van der Waals surface area contributed by atoms with Crippen molar-refractivity contribution in [1.82, 2.24) is 0 Å². The van der Waals surface area contributed by atoms with Gasteiger partial charge >= 0.3 is 5.97 Å². The fourth-order valence-corrected chi connectivity index (χ4v) is 2.14. The number of rotatable bonds is 15. The highest BCUT2D eigenvalue weighted by Gasteiger charge is 1.95. The Labute approximate surface area is 148 Å². The summed E-state index contributed by atoms with van der Waals surface area (Å²) in [5.41, 5.74) is 0. The Morgan fingerprint density at radius 1 is 0.667 bits per heavy atom. The summed E-state index contributed by atoms with van der Waals surface area (Å²) in [4.78, 5) is 10.3. The van der Waals surface area contributed by atoms with E-state index < -0.39 is 5.97 Å². The predicted octanol–water partition coefficient (Wildman–Crippen LogP) is 6.77. The predicted molar refractivity (Wildman–Crippen MR) is 105 cm³/mol. The molecule has 134 valence electrons. The Balaban J connectivity index is 3.51. The van der Waals surface area contributed by atoms with Gasteiger partial charge in [-0.25, -0.2) is 0 Å². The normalized spacial score (nSPS) is 12.7. The first-order valence-corrected chi connectivity index (χ1v) is 9.30. The lowest BCUT2D eigenvalue weighted by Gasteiger charge is -1.96. The molecule has 0 spiro atoms. The van der Waals surface area contributed by atoms with Crippen LogP contribution in [-0.4, -0.2) is 11.1 Å². The molecule has 0 fully saturated rings. The van der Waals surface area contributed by atoms with Gasteiger partial charge in [-0.05, 0) is 32.1 Å². The zero-order chi connectivity index (χ0) is 17.7. The smallest absolute Gasteiger partial charge is 0.303 e. The Morgan fingerprint density at radius 2 is 1.12 bits per heavy atom. The summed E-state index contributed by atoms with van der Waals surface area (Å²) < 4.78 is 0. The van der Waals surface area contributed by atoms with Gasteiger partial charge in [-0.15, -0.1) is 0 Å². The second kappa shape index (κ2) is 19.2. The molecule has 0 heterocycles. The highest BCUT2D eigenvalue weighted by atomic mass is 16.4. The monoisotopic (exact) mass is 330 g/mol. The Kier molecular flexibility index (Phi) is 17.8. The first-order valence-electron chi connectivity index (χ1n) is 9.30. The Hall–Kier alpha value is -1.83. The van der Waals surface area contributed by atoms with E-state index >= 15 is 0 Å². The van der Waals surface area contributed by atoms with Gasteiger partial charge in [0.05, 0.1) is 0 Å². The van der Waals surface area contributed by atoms with Crippen molar-refractivity contribution in [1.29, 1.82) is 0 Å². The number of allylic oxidation sites excluding steroid dienone is 10. The number of carboxylic acids is 1. The van der Waals surface area contributed by atoms with E-state index in [9.17, 15) is 4.79 Å². The van der Waals surface area contributed by atoms with Crippen LogP contribution in [0.1, 0.15) is 71.1 Å². The van der Waals surface area contributed by atoms with Crippen molar-refractivity contribution in [2.75, 3.05) is 0 Å². The molecule has 0 aromatic carbocycles. The minimum Gasteiger partial charge on any atom is -0.481 e. The number of carbonyl (C=O) groups is 1. The second-order valence-electron chi connectivity index (χ2n) is 5.85. The number of hydrogen-bond donors (Lipinski definition) is 1. The van der Waals surface area contributed by atoms with Gasteiger partial charge in [-0.2, -0.15) is 0 Å². The van der Waals surface area contributed by atoms with E-state index in [1.54, 1.807) is 0 Å². The second-order valence-corrected chi connectivity index (χ2v) is 5.85. The molecular formula is C22H34O2. The van der Waals surface area contributed by atoms with Crippen LogP contribution >= 0.6 is 0 Å². The van der Waals surface area contributed by atoms with Gasteiger partial charge in [0, 0.05) is 6.42 Å². The third-order valence-electron chi connectivity index (χ3n) is 3.54. The van der Waals surface area contributed by atoms with Crippen LogP contribution in [0.4, 0.5) is 0 Å². The van der Waals surface area contributed by atoms with Crippen molar-refractivity contribution in [3.63, 3.8) is 0 Å². The molecule has 0 aromatic heterocycles. The largest absolute Gasteiger partial charge is 0.481 e. The van der Waals surface area contributed by atoms with E-state index in [1.807, 2.05) is 30.4 Å². The van der Waals surface area contributed by atoms with Crippen LogP contribution in [0.2, 0.25) is 0 Å². The van der Waals surface area contributed by atoms with Crippen LogP contribution in [0, 0.1) is 0 Å². The molecule has 0 aliphatic heterocycles. The van der Waals surface area contributed by atoms with Crippen LogP contribution in [0.15, 0.2) is 60.8 Å². The number of hydrogen-bond acceptors (Lipinski definition) is 1. The summed E-state index contributed by atoms with van der Waals surface area (Å²) in [7, 11) is 0. The highest BCUT2D eigenvalue weighted by molar-refractivity contribution is 5.66. The summed E-state index contributed by atoms with van der Waals surface area (Å²) in [5, 5.41) is 8.53. The van der Waals surface area contributed by atoms with Gasteiger partial charge in [0.1, 0.15) is 0 Å². The molecule has 0 radical (unpaired) electrons. The van der Waals surface area contributed by atoms with Crippen molar-refractivity contribution < 1.29 is 9.90 Å². The fraction of sp³-hybridized carbons (Fsp3) is 0.500. The van der Waals surface area contributed by atoms with Crippen LogP contribution < -0.4 is 0 Å². The molecule has 0 saturated heterocycles. The molecule has 0 aliphatic carbocycles. The highest BCUT2D eigenvalue weighted by Crippen LogP contribution is 2.05. The maximum atomic E-state index is 10.3. The molecule has 2 nitrogen and oxygen atoms in total. The number of unbranched alkanes of at least 4 members (excludes halogenated alkanes) is 7. The maximum Gasteiger partial charge on any atom is 0.303 e. The third-order valence-corrected chi connectivity index (χ3v) is 3.54. The molecule has 0 rings (SSSR count). The van der Waals surface area contributed by atoms with Crippen molar-refractivity contribution in [3.05, 3.63) is 60.8 Å². The lowest BCUT2D eigenvalue weighted by Crippen LogP contribution is -1.93. The Bertz CT molecular complexity index is 425. The molecule has 0 aliphatic rings. The average Bonchev–Trinajstić information content (AvgIpc) is 2.56. The molecule has 24 heavy (non-hydrogen) atoms. The SMILES string of the molecule is CCCCC/C=C/C=C/C=C/C=C/C=C/CCCCCCC(=O)O. The van der Waals surface area contributed by atoms with E-state index in [0.717, 1.165) is 32.1 Å². The fourth-order valence-electron chi connectivity index (χ4n) is 2.14. The van der Waals surface area contributed by atoms with Crippen LogP contribution in [0.25, 0.3) is 0 Å². The minimum atomic E-state index is -0.689. The van der Waals surface area contributed by atoms with E-state index in [4.69, 9.17) is 5.11 Å². The average molecular weight is 331 g/mol. The first-order chi connectivity index (χ1) is 11.8. The van der Waals surface area contributed by atoms with Crippen LogP contribution in [-0.2, 0) is 4.79 Å². The van der Waals surface area contributed by atoms with Crippen LogP contribution in [0.3, 0.4) is 0 Å². The van der Waals surface area contributed by atoms with Gasteiger partial charge in [0.2, 0.25) is 0 Å². The number of carboxylic acid groups (broad SMARTS) is 1. The van der Waals surface area contributed by atoms with Gasteiger partial charge in [-0.1, -0.05) is 93.4 Å². The van der Waals surface area contributed by atoms with Gasteiger partial charge < -0.3 is 5.11 Å². The van der Waals surface area contributed by atoms with Gasteiger partial charge in [-0.3, -0.25) is 4.79 Å². The molecule has 0 unspecified atom stereocenters. The lowest BCUT2D eigenvalue weighted by molar-refractivity contribution is -0.137. The van der Waals surface area contributed by atoms with Gasteiger partial charge in [0.15, 0.2) is 0 Å². The topological polar surface area (TPSA) is 37.3 Å². The van der Waals surface area contributed by atoms with E-state index in [2.05, 4.69) is 37.3 Å². The number of aliphatic carboxylic acids is 1. The van der Waals surface area contributed by atoms with E-state index in [1.165, 1.54) is 25.7 Å². The standard InChI is InChI=1S/C22H34O2/c1-2-3-4-5-6-7-8-9-10-11-12-13-14-15-16-17-18-19-20-21-22(23)24/h6-15H,2-5,16-21H2,1H3,(H,23,24)/b7-6+,9-8+,11-10+,13-12+,15-14+. The lowest BCUT2D eigenvalue weighted by atomic mass is 10.1. The quantitative estimate of drug-likeness (QED) is 0.265. The van der Waals surface area contributed by atoms with Crippen molar-refractivity contribution >= 4 is 5.97 Å². The summed E-state index contributed by atoms with van der Waals surface area (Å²) in [5.74, 6) is -0.689. The Morgan fingerprint density at radius 3 is 1.62 bits per heavy atom. The molecular weight excluding hydrogens is 296 g/mol. The summed E-state index contributed by atoms with van der Waals surface area (Å²) in [6, 6.07) is 0. The summed E-state index contributed by atoms with van der Waals surface area (Å²) in [6.07, 6.45) is 31.3.